The summed E-state index contributed by atoms with van der Waals surface area (Å²) in [6.07, 6.45) is -1.26. The maximum Gasteiger partial charge on any atom is 0.327 e. The second-order valence-corrected chi connectivity index (χ2v) is 15.5. The number of nitrogens with one attached hydrogen (secondary N) is 7. The third-order valence-electron chi connectivity index (χ3n) is 9.64. The van der Waals surface area contributed by atoms with E-state index in [2.05, 4.69) is 62.5 Å². The van der Waals surface area contributed by atoms with E-state index in [1.54, 1.807) is 30.3 Å². The number of carboxylic acids is 2. The summed E-state index contributed by atoms with van der Waals surface area (Å²) in [5.74, 6) is -11.0. The first-order chi connectivity index (χ1) is 29.6. The van der Waals surface area contributed by atoms with E-state index < -0.39 is 139 Å². The minimum absolute atomic E-state index is 0.0130. The average molecular weight is 925 g/mol. The van der Waals surface area contributed by atoms with Crippen LogP contribution in [0.2, 0.25) is 0 Å². The standard InChI is InChI=1S/C38H56N10O13S2/c1-18(31(53)47-26(17-63)38(60)61)41-33(55)23(11-12-28(40)49)44-35(57)25(15-29(50)51)45-30(52)19(2)42-36(58)27-10-7-13-48(27)37(59)20(3)43-34(56)24(46-32(54)22(39)16-62)14-21-8-5-4-6-9-21/h4-6,8-9,18-20,22-27,62-63H,7,10-17,39H2,1-3H3,(H2,40,49)(H,41,55)(H,42,58)(H,43,56)(H,44,57)(H,45,52)(H,46,54)(H,47,53)(H,50,51)(H,60,61)/t18-,19-,20-,22-,23-,24-,25-,26-,27-/m0/s1. The van der Waals surface area contributed by atoms with E-state index in [0.717, 1.165) is 0 Å². The number of benzene rings is 1. The Morgan fingerprint density at radius 3 is 1.76 bits per heavy atom. The molecule has 13 N–H and O–H groups in total. The fourth-order valence-corrected chi connectivity index (χ4v) is 6.51. The quantitative estimate of drug-likeness (QED) is 0.0413. The fourth-order valence-electron chi connectivity index (χ4n) is 6.09. The van der Waals surface area contributed by atoms with Gasteiger partial charge in [0.1, 0.15) is 48.3 Å². The summed E-state index contributed by atoms with van der Waals surface area (Å²) >= 11 is 7.88. The highest BCUT2D eigenvalue weighted by atomic mass is 32.1. The van der Waals surface area contributed by atoms with Crippen molar-refractivity contribution in [1.29, 1.82) is 0 Å². The topological polar surface area (TPSA) is 368 Å². The monoisotopic (exact) mass is 924 g/mol. The van der Waals surface area contributed by atoms with E-state index in [1.807, 2.05) is 0 Å². The predicted octanol–water partition coefficient (Wildman–Crippen LogP) is -4.31. The first kappa shape index (κ1) is 53.2. The zero-order valence-electron chi connectivity index (χ0n) is 34.8. The molecule has 0 bridgehead atoms. The zero-order chi connectivity index (χ0) is 47.6. The van der Waals surface area contributed by atoms with Crippen LogP contribution in [0.4, 0.5) is 0 Å². The van der Waals surface area contributed by atoms with Gasteiger partial charge in [0.05, 0.1) is 12.5 Å². The van der Waals surface area contributed by atoms with Gasteiger partial charge in [0, 0.05) is 30.9 Å². The minimum Gasteiger partial charge on any atom is -0.481 e. The molecule has 1 heterocycles. The first-order valence-corrected chi connectivity index (χ1v) is 21.0. The summed E-state index contributed by atoms with van der Waals surface area (Å²) in [5.41, 5.74) is 11.7. The summed E-state index contributed by atoms with van der Waals surface area (Å²) in [6.45, 7) is 3.95. The van der Waals surface area contributed by atoms with Crippen molar-refractivity contribution in [2.24, 2.45) is 11.5 Å². The number of hydrogen-bond donors (Lipinski definition) is 13. The predicted molar refractivity (Wildman–Crippen MR) is 229 cm³/mol. The Morgan fingerprint density at radius 1 is 0.683 bits per heavy atom. The van der Waals surface area contributed by atoms with Crippen LogP contribution in [0.3, 0.4) is 0 Å². The SMILES string of the molecule is C[C@H](NC(=O)[C@H](CCC(N)=O)NC(=O)[C@H](CC(=O)O)NC(=O)[C@H](C)NC(=O)[C@@H]1CCCN1C(=O)[C@H](C)NC(=O)[C@H](Cc1ccccc1)NC(=O)[C@@H](N)CS)C(=O)N[C@@H](CS)C(=O)O. The van der Waals surface area contributed by atoms with Crippen LogP contribution in [0.25, 0.3) is 0 Å². The molecule has 348 valence electrons. The van der Waals surface area contributed by atoms with Crippen molar-refractivity contribution in [2.45, 2.75) is 114 Å². The highest BCUT2D eigenvalue weighted by Gasteiger charge is 2.39. The molecule has 1 fully saturated rings. The molecule has 0 spiro atoms. The molecule has 1 aromatic rings. The Hall–Kier alpha value is -5.95. The molecule has 0 aliphatic carbocycles. The number of carbonyl (C=O) groups is 11. The van der Waals surface area contributed by atoms with Gasteiger partial charge in [0.25, 0.3) is 0 Å². The summed E-state index contributed by atoms with van der Waals surface area (Å²) in [6, 6.07) is -3.23. The number of likely N-dealkylation sites (tertiary alicyclic amines) is 1. The summed E-state index contributed by atoms with van der Waals surface area (Å²) in [5, 5.41) is 35.2. The molecule has 63 heavy (non-hydrogen) atoms. The van der Waals surface area contributed by atoms with Crippen LogP contribution in [0.15, 0.2) is 30.3 Å². The number of carbonyl (C=O) groups excluding carboxylic acids is 9. The Labute approximate surface area is 373 Å². The first-order valence-electron chi connectivity index (χ1n) is 19.8. The second kappa shape index (κ2) is 25.9. The summed E-state index contributed by atoms with van der Waals surface area (Å²) in [4.78, 5) is 141. The van der Waals surface area contributed by atoms with Crippen LogP contribution in [0.5, 0.6) is 0 Å². The van der Waals surface area contributed by atoms with E-state index in [4.69, 9.17) is 11.5 Å². The number of nitrogens with two attached hydrogens (primary N) is 2. The fraction of sp³-hybridized carbons (Fsp3) is 0.553. The molecule has 1 saturated heterocycles. The number of thiol groups is 2. The number of rotatable bonds is 25. The van der Waals surface area contributed by atoms with Crippen LogP contribution >= 0.6 is 25.3 Å². The Morgan fingerprint density at radius 2 is 1.21 bits per heavy atom. The molecule has 1 aliphatic heterocycles. The van der Waals surface area contributed by atoms with E-state index in [-0.39, 0.29) is 30.9 Å². The second-order valence-electron chi connectivity index (χ2n) is 14.7. The number of aliphatic carboxylic acids is 2. The number of hydrogen-bond acceptors (Lipinski definition) is 14. The van der Waals surface area contributed by atoms with E-state index in [0.29, 0.717) is 12.0 Å². The molecule has 0 saturated carbocycles. The van der Waals surface area contributed by atoms with E-state index in [9.17, 15) is 63.0 Å². The van der Waals surface area contributed by atoms with Gasteiger partial charge in [0.2, 0.25) is 53.2 Å². The molecule has 9 atom stereocenters. The molecule has 23 nitrogen and oxygen atoms in total. The molecule has 1 aromatic carbocycles. The van der Waals surface area contributed by atoms with Gasteiger partial charge < -0.3 is 63.8 Å². The van der Waals surface area contributed by atoms with Crippen LogP contribution < -0.4 is 48.7 Å². The van der Waals surface area contributed by atoms with Crippen LogP contribution in [-0.4, -0.2) is 153 Å². The lowest BCUT2D eigenvalue weighted by molar-refractivity contribution is -0.142. The molecule has 0 radical (unpaired) electrons. The molecule has 0 unspecified atom stereocenters. The van der Waals surface area contributed by atoms with Crippen molar-refractivity contribution in [1.82, 2.24) is 42.1 Å². The Bertz CT molecular complexity index is 1860. The van der Waals surface area contributed by atoms with Gasteiger partial charge in [-0.3, -0.25) is 47.9 Å². The number of carboxylic acid groups (broad SMARTS) is 2. The van der Waals surface area contributed by atoms with Crippen LogP contribution in [0, 0.1) is 0 Å². The lowest BCUT2D eigenvalue weighted by Crippen LogP contribution is -2.59. The van der Waals surface area contributed by atoms with Gasteiger partial charge in [-0.1, -0.05) is 30.3 Å². The van der Waals surface area contributed by atoms with Crippen molar-refractivity contribution >= 4 is 90.4 Å². The van der Waals surface area contributed by atoms with Gasteiger partial charge in [-0.15, -0.1) is 0 Å². The van der Waals surface area contributed by atoms with E-state index >= 15 is 0 Å². The number of nitrogens with zero attached hydrogens (tertiary/aromatic N) is 1. The largest absolute Gasteiger partial charge is 0.481 e. The van der Waals surface area contributed by atoms with Gasteiger partial charge in [0.15, 0.2) is 0 Å². The van der Waals surface area contributed by atoms with Gasteiger partial charge in [-0.05, 0) is 45.6 Å². The maximum atomic E-state index is 13.6. The number of primary amides is 1. The minimum atomic E-state index is -1.84. The molecule has 1 aliphatic rings. The normalized spacial score (nSPS) is 17.1. The molecule has 2 rings (SSSR count). The maximum absolute atomic E-state index is 13.6. The highest BCUT2D eigenvalue weighted by molar-refractivity contribution is 7.80. The van der Waals surface area contributed by atoms with Gasteiger partial charge >= 0.3 is 11.9 Å². The third-order valence-corrected chi connectivity index (χ3v) is 10.4. The Balaban J connectivity index is 2.13. The van der Waals surface area contributed by atoms with Crippen molar-refractivity contribution in [3.05, 3.63) is 35.9 Å². The van der Waals surface area contributed by atoms with Gasteiger partial charge in [-0.2, -0.15) is 25.3 Å². The molecular formula is C38H56N10O13S2. The molecule has 9 amide bonds. The van der Waals surface area contributed by atoms with Crippen molar-refractivity contribution in [2.75, 3.05) is 18.1 Å². The van der Waals surface area contributed by atoms with Gasteiger partial charge in [-0.25, -0.2) is 4.79 Å². The summed E-state index contributed by atoms with van der Waals surface area (Å²) in [7, 11) is 0. The lowest BCUT2D eigenvalue weighted by Gasteiger charge is -2.29. The smallest absolute Gasteiger partial charge is 0.327 e. The van der Waals surface area contributed by atoms with Crippen molar-refractivity contribution in [3.8, 4) is 0 Å². The number of amides is 9. The van der Waals surface area contributed by atoms with Crippen LogP contribution in [0.1, 0.15) is 58.4 Å². The van der Waals surface area contributed by atoms with Crippen molar-refractivity contribution < 1.29 is 63.0 Å². The molecule has 25 heteroatoms. The van der Waals surface area contributed by atoms with Crippen LogP contribution in [-0.2, 0) is 59.2 Å². The molecule has 0 aromatic heterocycles. The van der Waals surface area contributed by atoms with Crippen molar-refractivity contribution in [3.63, 3.8) is 0 Å². The summed E-state index contributed by atoms with van der Waals surface area (Å²) < 4.78 is 0. The third kappa shape index (κ3) is 17.4. The lowest BCUT2D eigenvalue weighted by atomic mass is 10.0. The molecular weight excluding hydrogens is 869 g/mol. The average Bonchev–Trinajstić information content (AvgIpc) is 3.73. The zero-order valence-corrected chi connectivity index (χ0v) is 36.6. The Kier molecular flexibility index (Phi) is 21.8. The highest BCUT2D eigenvalue weighted by Crippen LogP contribution is 2.19. The van der Waals surface area contributed by atoms with E-state index in [1.165, 1.54) is 25.7 Å².